The Balaban J connectivity index is 2.61. The Labute approximate surface area is 107 Å². The third-order valence-electron chi connectivity index (χ3n) is 1.82. The van der Waals surface area contributed by atoms with Crippen molar-refractivity contribution < 1.29 is 0 Å². The van der Waals surface area contributed by atoms with E-state index in [0.717, 1.165) is 24.7 Å². The van der Waals surface area contributed by atoms with Gasteiger partial charge in [-0.15, -0.1) is 0 Å². The molecule has 1 N–H and O–H groups in total. The van der Waals surface area contributed by atoms with Crippen LogP contribution < -0.4 is 0 Å². The Morgan fingerprint density at radius 1 is 1.07 bits per heavy atom. The fraction of sp³-hybridized carbons (Fsp3) is 0. The van der Waals surface area contributed by atoms with Gasteiger partial charge in [0.15, 0.2) is 0 Å². The van der Waals surface area contributed by atoms with Crippen LogP contribution in [0.3, 0.4) is 0 Å². The van der Waals surface area contributed by atoms with Crippen molar-refractivity contribution in [1.29, 1.82) is 0 Å². The van der Waals surface area contributed by atoms with E-state index in [1.165, 1.54) is 0 Å². The first-order valence-electron chi connectivity index (χ1n) is 3.82. The SMILES string of the molecule is Brc1ccc(-c2cnc[nH]2)c(Br)c1Br. The van der Waals surface area contributed by atoms with Crippen LogP contribution in [0, 0.1) is 0 Å². The molecule has 2 nitrogen and oxygen atoms in total. The largest absolute Gasteiger partial charge is 0.345 e. The van der Waals surface area contributed by atoms with Crippen LogP contribution in [-0.2, 0) is 0 Å². The van der Waals surface area contributed by atoms with Crippen molar-refractivity contribution in [3.05, 3.63) is 38.1 Å². The second-order valence-electron chi connectivity index (χ2n) is 2.69. The van der Waals surface area contributed by atoms with Crippen LogP contribution in [0.1, 0.15) is 0 Å². The summed E-state index contributed by atoms with van der Waals surface area (Å²) >= 11 is 10.5. The maximum absolute atomic E-state index is 3.99. The topological polar surface area (TPSA) is 28.7 Å². The van der Waals surface area contributed by atoms with Gasteiger partial charge in [-0.2, -0.15) is 0 Å². The summed E-state index contributed by atoms with van der Waals surface area (Å²) in [5.41, 5.74) is 2.07. The zero-order chi connectivity index (χ0) is 10.1. The van der Waals surface area contributed by atoms with Crippen LogP contribution in [0.5, 0.6) is 0 Å². The average Bonchev–Trinajstić information content (AvgIpc) is 2.67. The van der Waals surface area contributed by atoms with Gasteiger partial charge in [0.2, 0.25) is 0 Å². The summed E-state index contributed by atoms with van der Waals surface area (Å²) in [6.45, 7) is 0. The molecule has 0 amide bonds. The van der Waals surface area contributed by atoms with Crippen LogP contribution in [-0.4, -0.2) is 9.97 Å². The Morgan fingerprint density at radius 2 is 1.86 bits per heavy atom. The highest BCUT2D eigenvalue weighted by atomic mass is 79.9. The van der Waals surface area contributed by atoms with Crippen molar-refractivity contribution in [2.45, 2.75) is 0 Å². The van der Waals surface area contributed by atoms with Crippen LogP contribution >= 0.6 is 47.8 Å². The van der Waals surface area contributed by atoms with Gasteiger partial charge in [0.05, 0.1) is 18.2 Å². The minimum absolute atomic E-state index is 0.991. The van der Waals surface area contributed by atoms with E-state index in [0.29, 0.717) is 0 Å². The molecule has 0 unspecified atom stereocenters. The fourth-order valence-electron chi connectivity index (χ4n) is 1.14. The predicted octanol–water partition coefficient (Wildman–Crippen LogP) is 4.36. The Hall–Kier alpha value is -0.130. The molecule has 1 aromatic heterocycles. The van der Waals surface area contributed by atoms with Crippen LogP contribution in [0.25, 0.3) is 11.3 Å². The molecule has 0 saturated carbocycles. The lowest BCUT2D eigenvalue weighted by Gasteiger charge is -2.05. The van der Waals surface area contributed by atoms with E-state index >= 15 is 0 Å². The van der Waals surface area contributed by atoms with Crippen LogP contribution in [0.15, 0.2) is 38.1 Å². The lowest BCUT2D eigenvalue weighted by atomic mass is 10.2. The quantitative estimate of drug-likeness (QED) is 0.731. The molecule has 1 heterocycles. The van der Waals surface area contributed by atoms with Gasteiger partial charge in [-0.1, -0.05) is 6.07 Å². The number of hydrogen-bond donors (Lipinski definition) is 1. The summed E-state index contributed by atoms with van der Waals surface area (Å²) in [5.74, 6) is 0. The van der Waals surface area contributed by atoms with E-state index in [9.17, 15) is 0 Å². The number of nitrogens with one attached hydrogen (secondary N) is 1. The molecule has 0 aliphatic heterocycles. The van der Waals surface area contributed by atoms with Crippen molar-refractivity contribution in [3.63, 3.8) is 0 Å². The maximum atomic E-state index is 3.99. The first-order chi connectivity index (χ1) is 6.70. The molecule has 2 aromatic rings. The normalized spacial score (nSPS) is 10.5. The zero-order valence-electron chi connectivity index (χ0n) is 6.89. The molecule has 0 atom stereocenters. The highest BCUT2D eigenvalue weighted by Crippen LogP contribution is 2.37. The van der Waals surface area contributed by atoms with Gasteiger partial charge < -0.3 is 4.98 Å². The fourth-order valence-corrected chi connectivity index (χ4v) is 2.64. The molecule has 2 rings (SSSR count). The molecule has 0 bridgehead atoms. The average molecular weight is 381 g/mol. The number of hydrogen-bond acceptors (Lipinski definition) is 1. The van der Waals surface area contributed by atoms with E-state index in [4.69, 9.17) is 0 Å². The molecule has 0 fully saturated rings. The lowest BCUT2D eigenvalue weighted by Crippen LogP contribution is -1.82. The molecule has 72 valence electrons. The van der Waals surface area contributed by atoms with E-state index in [1.807, 2.05) is 12.1 Å². The zero-order valence-corrected chi connectivity index (χ0v) is 11.6. The highest BCUT2D eigenvalue weighted by molar-refractivity contribution is 9.14. The van der Waals surface area contributed by atoms with E-state index < -0.39 is 0 Å². The number of imidazole rings is 1. The van der Waals surface area contributed by atoms with Crippen molar-refractivity contribution in [3.8, 4) is 11.3 Å². The van der Waals surface area contributed by atoms with Crippen molar-refractivity contribution >= 4 is 47.8 Å². The number of H-pyrrole nitrogens is 1. The van der Waals surface area contributed by atoms with Gasteiger partial charge in [0.25, 0.3) is 0 Å². The number of aromatic nitrogens is 2. The van der Waals surface area contributed by atoms with Gasteiger partial charge in [-0.05, 0) is 53.9 Å². The number of benzene rings is 1. The summed E-state index contributed by atoms with van der Waals surface area (Å²) in [4.78, 5) is 7.05. The third kappa shape index (κ3) is 1.81. The summed E-state index contributed by atoms with van der Waals surface area (Å²) in [6, 6.07) is 4.01. The lowest BCUT2D eigenvalue weighted by molar-refractivity contribution is 1.31. The van der Waals surface area contributed by atoms with E-state index in [-0.39, 0.29) is 0 Å². The van der Waals surface area contributed by atoms with Gasteiger partial charge in [0, 0.05) is 19.0 Å². The third-order valence-corrected chi connectivity index (χ3v) is 5.20. The second-order valence-corrected chi connectivity index (χ2v) is 5.13. The Bertz CT molecular complexity index is 451. The van der Waals surface area contributed by atoms with Crippen molar-refractivity contribution in [2.24, 2.45) is 0 Å². The van der Waals surface area contributed by atoms with Gasteiger partial charge in [0.1, 0.15) is 0 Å². The molecule has 0 aliphatic rings. The van der Waals surface area contributed by atoms with Crippen molar-refractivity contribution in [1.82, 2.24) is 9.97 Å². The van der Waals surface area contributed by atoms with Gasteiger partial charge in [-0.25, -0.2) is 4.98 Å². The minimum Gasteiger partial charge on any atom is -0.345 e. The molecule has 0 radical (unpaired) electrons. The minimum atomic E-state index is 0.991. The Morgan fingerprint density at radius 3 is 2.50 bits per heavy atom. The smallest absolute Gasteiger partial charge is 0.0924 e. The molecule has 0 aliphatic carbocycles. The van der Waals surface area contributed by atoms with Crippen molar-refractivity contribution in [2.75, 3.05) is 0 Å². The summed E-state index contributed by atoms with van der Waals surface area (Å²) < 4.78 is 3.04. The molecule has 5 heteroatoms. The molecule has 0 saturated heterocycles. The van der Waals surface area contributed by atoms with E-state index in [2.05, 4.69) is 57.8 Å². The van der Waals surface area contributed by atoms with E-state index in [1.54, 1.807) is 12.5 Å². The number of rotatable bonds is 1. The maximum Gasteiger partial charge on any atom is 0.0924 e. The molecule has 0 spiro atoms. The van der Waals surface area contributed by atoms with Crippen LogP contribution in [0.2, 0.25) is 0 Å². The first kappa shape index (κ1) is 10.4. The monoisotopic (exact) mass is 378 g/mol. The number of nitrogens with zero attached hydrogens (tertiary/aromatic N) is 1. The molecule has 14 heavy (non-hydrogen) atoms. The summed E-state index contributed by atoms with van der Waals surface area (Å²) in [7, 11) is 0. The summed E-state index contributed by atoms with van der Waals surface area (Å²) in [5, 5.41) is 0. The number of aromatic amines is 1. The Kier molecular flexibility index (Phi) is 3.09. The van der Waals surface area contributed by atoms with Gasteiger partial charge >= 0.3 is 0 Å². The predicted molar refractivity (Wildman–Crippen MR) is 67.1 cm³/mol. The number of halogens is 3. The molecular weight excluding hydrogens is 376 g/mol. The molecular formula is C9H5Br3N2. The van der Waals surface area contributed by atoms with Gasteiger partial charge in [-0.3, -0.25) is 0 Å². The highest BCUT2D eigenvalue weighted by Gasteiger charge is 2.09. The molecule has 1 aromatic carbocycles. The van der Waals surface area contributed by atoms with Crippen LogP contribution in [0.4, 0.5) is 0 Å². The summed E-state index contributed by atoms with van der Waals surface area (Å²) in [6.07, 6.45) is 3.46. The second kappa shape index (κ2) is 4.16. The first-order valence-corrected chi connectivity index (χ1v) is 6.20. The standard InChI is InChI=1S/C9H5Br3N2/c10-6-2-1-5(8(11)9(6)12)7-3-13-4-14-7/h1-4H,(H,13,14).